The second-order valence-corrected chi connectivity index (χ2v) is 5.99. The smallest absolute Gasteiger partial charge is 0.395 e. The highest BCUT2D eigenvalue weighted by Crippen LogP contribution is 2.31. The molecule has 7 heteroatoms. The first-order valence-electron chi connectivity index (χ1n) is 6.73. The minimum Gasteiger partial charge on any atom is -0.395 e. The van der Waals surface area contributed by atoms with Gasteiger partial charge in [0.05, 0.1) is 31.4 Å². The van der Waals surface area contributed by atoms with E-state index in [-0.39, 0.29) is 12.6 Å². The maximum Gasteiger partial charge on any atom is 0.416 e. The second kappa shape index (κ2) is 7.49. The van der Waals surface area contributed by atoms with Crippen LogP contribution in [0.4, 0.5) is 13.2 Å². The van der Waals surface area contributed by atoms with Gasteiger partial charge in [0.1, 0.15) is 0 Å². The molecule has 1 saturated heterocycles. The molecule has 118 valence electrons. The third-order valence-corrected chi connectivity index (χ3v) is 4.34. The molecule has 3 nitrogen and oxygen atoms in total. The van der Waals surface area contributed by atoms with E-state index in [0.717, 1.165) is 19.2 Å². The molecule has 0 aromatic heterocycles. The van der Waals surface area contributed by atoms with Gasteiger partial charge in [0.15, 0.2) is 0 Å². The van der Waals surface area contributed by atoms with Gasteiger partial charge in [-0.05, 0) is 18.2 Å². The molecule has 21 heavy (non-hydrogen) atoms. The highest BCUT2D eigenvalue weighted by molar-refractivity contribution is 7.99. The van der Waals surface area contributed by atoms with Crippen LogP contribution in [0.1, 0.15) is 5.56 Å². The minimum absolute atomic E-state index is 0.0131. The summed E-state index contributed by atoms with van der Waals surface area (Å²) in [5.74, 6) is 0.678. The summed E-state index contributed by atoms with van der Waals surface area (Å²) in [5, 5.41) is 9.25. The number of benzene rings is 1. The van der Waals surface area contributed by atoms with Crippen LogP contribution < -0.4 is 0 Å². The largest absolute Gasteiger partial charge is 0.416 e. The number of morpholine rings is 1. The molecule has 1 atom stereocenters. The van der Waals surface area contributed by atoms with Crippen molar-refractivity contribution in [3.8, 4) is 0 Å². The maximum atomic E-state index is 12.6. The molecular weight excluding hydrogens is 303 g/mol. The Hall–Kier alpha value is -0.760. The van der Waals surface area contributed by atoms with E-state index in [1.54, 1.807) is 6.07 Å². The summed E-state index contributed by atoms with van der Waals surface area (Å²) in [6.07, 6.45) is -4.30. The Morgan fingerprint density at radius 2 is 2.19 bits per heavy atom. The van der Waals surface area contributed by atoms with Crippen molar-refractivity contribution in [1.29, 1.82) is 0 Å². The second-order valence-electron chi connectivity index (χ2n) is 4.82. The molecule has 0 spiro atoms. The Morgan fingerprint density at radius 3 is 2.90 bits per heavy atom. The van der Waals surface area contributed by atoms with Crippen molar-refractivity contribution in [1.82, 2.24) is 4.90 Å². The number of alkyl halides is 3. The zero-order valence-corrected chi connectivity index (χ0v) is 12.3. The first kappa shape index (κ1) is 16.6. The van der Waals surface area contributed by atoms with Gasteiger partial charge in [-0.1, -0.05) is 6.07 Å². The van der Waals surface area contributed by atoms with Crippen LogP contribution in [0.3, 0.4) is 0 Å². The highest BCUT2D eigenvalue weighted by atomic mass is 32.2. The van der Waals surface area contributed by atoms with Crippen LogP contribution in [0.5, 0.6) is 0 Å². The number of aliphatic hydroxyl groups excluding tert-OH is 1. The lowest BCUT2D eigenvalue weighted by atomic mass is 10.2. The van der Waals surface area contributed by atoms with Crippen molar-refractivity contribution in [3.63, 3.8) is 0 Å². The Labute approximate surface area is 126 Å². The monoisotopic (exact) mass is 321 g/mol. The van der Waals surface area contributed by atoms with Gasteiger partial charge in [-0.2, -0.15) is 13.2 Å². The summed E-state index contributed by atoms with van der Waals surface area (Å²) < 4.78 is 43.1. The van der Waals surface area contributed by atoms with Crippen LogP contribution in [-0.2, 0) is 10.9 Å². The Balaban J connectivity index is 1.85. The lowest BCUT2D eigenvalue weighted by Crippen LogP contribution is -2.48. The summed E-state index contributed by atoms with van der Waals surface area (Å²) in [6, 6.07) is 5.35. The van der Waals surface area contributed by atoms with Gasteiger partial charge in [0, 0.05) is 23.7 Å². The van der Waals surface area contributed by atoms with Gasteiger partial charge in [0.2, 0.25) is 0 Å². The normalized spacial score (nSPS) is 20.7. The van der Waals surface area contributed by atoms with E-state index in [4.69, 9.17) is 4.74 Å². The molecule has 0 aliphatic carbocycles. The lowest BCUT2D eigenvalue weighted by molar-refractivity contribution is -0.137. The van der Waals surface area contributed by atoms with E-state index < -0.39 is 11.7 Å². The van der Waals surface area contributed by atoms with Gasteiger partial charge in [-0.15, -0.1) is 11.8 Å². The molecule has 1 aromatic carbocycles. The SMILES string of the molecule is OCC1COCCN1CCSc1cccc(C(F)(F)F)c1. The van der Waals surface area contributed by atoms with E-state index in [0.29, 0.717) is 23.9 Å². The van der Waals surface area contributed by atoms with Gasteiger partial charge in [-0.25, -0.2) is 0 Å². The molecule has 0 saturated carbocycles. The van der Waals surface area contributed by atoms with Crippen LogP contribution >= 0.6 is 11.8 Å². The molecule has 0 bridgehead atoms. The van der Waals surface area contributed by atoms with Crippen molar-refractivity contribution < 1.29 is 23.0 Å². The number of nitrogens with zero attached hydrogens (tertiary/aromatic N) is 1. The number of thioether (sulfide) groups is 1. The lowest BCUT2D eigenvalue weighted by Gasteiger charge is -2.34. The van der Waals surface area contributed by atoms with Gasteiger partial charge >= 0.3 is 6.18 Å². The Morgan fingerprint density at radius 1 is 1.38 bits per heavy atom. The molecule has 1 fully saturated rings. The summed E-state index contributed by atoms with van der Waals surface area (Å²) in [7, 11) is 0. The standard InChI is InChI=1S/C14H18F3NO2S/c15-14(16,17)11-2-1-3-13(8-11)21-7-5-18-4-6-20-10-12(18)9-19/h1-3,8,12,19H,4-7,9-10H2. The van der Waals surface area contributed by atoms with E-state index in [9.17, 15) is 18.3 Å². The van der Waals surface area contributed by atoms with Crippen molar-refractivity contribution in [2.24, 2.45) is 0 Å². The number of ether oxygens (including phenoxy) is 1. The van der Waals surface area contributed by atoms with E-state index in [2.05, 4.69) is 4.90 Å². The molecule has 1 heterocycles. The third-order valence-electron chi connectivity index (χ3n) is 3.37. The van der Waals surface area contributed by atoms with Crippen molar-refractivity contribution in [3.05, 3.63) is 29.8 Å². The first-order chi connectivity index (χ1) is 10.0. The summed E-state index contributed by atoms with van der Waals surface area (Å²) >= 11 is 1.39. The predicted octanol–water partition coefficient (Wildman–Crippen LogP) is 2.49. The topological polar surface area (TPSA) is 32.7 Å². The summed E-state index contributed by atoms with van der Waals surface area (Å²) in [4.78, 5) is 2.73. The molecular formula is C14H18F3NO2S. The predicted molar refractivity (Wildman–Crippen MR) is 75.4 cm³/mol. The fourth-order valence-electron chi connectivity index (χ4n) is 2.19. The number of rotatable bonds is 5. The number of halogens is 3. The van der Waals surface area contributed by atoms with Gasteiger partial charge in [0.25, 0.3) is 0 Å². The molecule has 1 aliphatic heterocycles. The number of aliphatic hydroxyl groups is 1. The van der Waals surface area contributed by atoms with Crippen molar-refractivity contribution in [2.45, 2.75) is 17.1 Å². The van der Waals surface area contributed by atoms with Crippen LogP contribution in [0.15, 0.2) is 29.2 Å². The maximum absolute atomic E-state index is 12.6. The van der Waals surface area contributed by atoms with Crippen LogP contribution in [-0.4, -0.2) is 54.7 Å². The van der Waals surface area contributed by atoms with E-state index in [1.165, 1.54) is 23.9 Å². The van der Waals surface area contributed by atoms with E-state index in [1.807, 2.05) is 0 Å². The molecule has 1 aromatic rings. The third kappa shape index (κ3) is 4.88. The fraction of sp³-hybridized carbons (Fsp3) is 0.571. The molecule has 0 amide bonds. The molecule has 0 radical (unpaired) electrons. The highest BCUT2D eigenvalue weighted by Gasteiger charge is 2.30. The minimum atomic E-state index is -4.30. The van der Waals surface area contributed by atoms with E-state index >= 15 is 0 Å². The van der Waals surface area contributed by atoms with Crippen LogP contribution in [0, 0.1) is 0 Å². The summed E-state index contributed by atoms with van der Waals surface area (Å²) in [6.45, 7) is 2.63. The van der Waals surface area contributed by atoms with Crippen LogP contribution in [0.2, 0.25) is 0 Å². The first-order valence-corrected chi connectivity index (χ1v) is 7.72. The average Bonchev–Trinajstić information content (AvgIpc) is 2.47. The molecule has 1 unspecified atom stereocenters. The molecule has 1 aliphatic rings. The fourth-order valence-corrected chi connectivity index (χ4v) is 3.14. The summed E-state index contributed by atoms with van der Waals surface area (Å²) in [5.41, 5.74) is -0.618. The van der Waals surface area contributed by atoms with Crippen LogP contribution in [0.25, 0.3) is 0 Å². The van der Waals surface area contributed by atoms with Crippen molar-refractivity contribution >= 4 is 11.8 Å². The van der Waals surface area contributed by atoms with Gasteiger partial charge in [-0.3, -0.25) is 4.90 Å². The molecule has 2 rings (SSSR count). The zero-order valence-electron chi connectivity index (χ0n) is 11.5. The quantitative estimate of drug-likeness (QED) is 0.845. The Kier molecular flexibility index (Phi) is 5.92. The number of hydrogen-bond donors (Lipinski definition) is 1. The molecule has 1 N–H and O–H groups in total. The zero-order chi connectivity index (χ0) is 15.3. The van der Waals surface area contributed by atoms with Gasteiger partial charge < -0.3 is 9.84 Å². The number of hydrogen-bond acceptors (Lipinski definition) is 4. The average molecular weight is 321 g/mol. The Bertz CT molecular complexity index is 456. The van der Waals surface area contributed by atoms with Crippen molar-refractivity contribution in [2.75, 3.05) is 38.7 Å².